The summed E-state index contributed by atoms with van der Waals surface area (Å²) < 4.78 is 0. The van der Waals surface area contributed by atoms with Gasteiger partial charge in [-0.1, -0.05) is 19.1 Å². The molecule has 7 heteroatoms. The molecule has 0 unspecified atom stereocenters. The second kappa shape index (κ2) is 6.31. The van der Waals surface area contributed by atoms with Gasteiger partial charge in [0.25, 0.3) is 0 Å². The predicted octanol–water partition coefficient (Wildman–Crippen LogP) is 1.36. The Balaban J connectivity index is 2.13. The molecule has 0 saturated heterocycles. The van der Waals surface area contributed by atoms with Crippen LogP contribution in [0.4, 0.5) is 5.69 Å². The summed E-state index contributed by atoms with van der Waals surface area (Å²) in [7, 11) is 0. The lowest BCUT2D eigenvalue weighted by atomic mass is 9.94. The quantitative estimate of drug-likeness (QED) is 0.495. The number of nitriles is 2. The van der Waals surface area contributed by atoms with E-state index in [4.69, 9.17) is 10.5 Å². The number of nitrogens with zero attached hydrogens (tertiary/aromatic N) is 4. The van der Waals surface area contributed by atoms with Gasteiger partial charge in [0.2, 0.25) is 11.6 Å². The van der Waals surface area contributed by atoms with Crippen LogP contribution in [-0.2, 0) is 4.79 Å². The lowest BCUT2D eigenvalue weighted by molar-refractivity contribution is -0.121. The highest BCUT2D eigenvalue weighted by atomic mass is 16.2. The Hall–Kier alpha value is -3.19. The van der Waals surface area contributed by atoms with Crippen LogP contribution in [0.1, 0.15) is 18.9 Å². The lowest BCUT2D eigenvalue weighted by Gasteiger charge is -2.19. The smallest absolute Gasteiger partial charge is 0.240 e. The van der Waals surface area contributed by atoms with E-state index in [2.05, 4.69) is 21.1 Å². The maximum absolute atomic E-state index is 11.2. The van der Waals surface area contributed by atoms with E-state index >= 15 is 0 Å². The van der Waals surface area contributed by atoms with Gasteiger partial charge >= 0.3 is 0 Å². The Kier molecular flexibility index (Phi) is 4.27. The van der Waals surface area contributed by atoms with Crippen molar-refractivity contribution in [3.63, 3.8) is 0 Å². The van der Waals surface area contributed by atoms with Gasteiger partial charge in [-0.2, -0.15) is 20.7 Å². The molecule has 1 heterocycles. The van der Waals surface area contributed by atoms with Crippen LogP contribution in [0.2, 0.25) is 0 Å². The average Bonchev–Trinajstić information content (AvgIpc) is 2.49. The first kappa shape index (κ1) is 14.2. The van der Waals surface area contributed by atoms with Gasteiger partial charge in [0.15, 0.2) is 0 Å². The third kappa shape index (κ3) is 3.43. The molecule has 0 fully saturated rings. The van der Waals surface area contributed by atoms with Crippen LogP contribution in [0.3, 0.4) is 0 Å². The van der Waals surface area contributed by atoms with Gasteiger partial charge in [0.1, 0.15) is 12.1 Å². The van der Waals surface area contributed by atoms with Gasteiger partial charge in [-0.3, -0.25) is 10.2 Å². The zero-order valence-corrected chi connectivity index (χ0v) is 11.3. The molecule has 0 aromatic heterocycles. The molecule has 1 aliphatic rings. The number of hydrazone groups is 2. The van der Waals surface area contributed by atoms with Crippen molar-refractivity contribution in [2.45, 2.75) is 13.3 Å². The molecule has 104 valence electrons. The van der Waals surface area contributed by atoms with Crippen molar-refractivity contribution >= 4 is 23.0 Å². The normalized spacial score (nSPS) is 16.8. The maximum atomic E-state index is 11.2. The van der Waals surface area contributed by atoms with Crippen LogP contribution in [-0.4, -0.2) is 17.3 Å². The Bertz CT molecular complexity index is 674. The number of nitrogens with one attached hydrogen (secondary N) is 2. The predicted molar refractivity (Wildman–Crippen MR) is 77.2 cm³/mol. The van der Waals surface area contributed by atoms with Crippen molar-refractivity contribution < 1.29 is 4.79 Å². The van der Waals surface area contributed by atoms with Gasteiger partial charge in [-0.05, 0) is 17.7 Å². The summed E-state index contributed by atoms with van der Waals surface area (Å²) in [6.45, 7) is 1.94. The molecule has 0 bridgehead atoms. The molecule has 1 atom stereocenters. The minimum absolute atomic E-state index is 0.0550. The van der Waals surface area contributed by atoms with Gasteiger partial charge in [-0.25, -0.2) is 5.43 Å². The van der Waals surface area contributed by atoms with Crippen molar-refractivity contribution in [2.24, 2.45) is 16.1 Å². The highest BCUT2D eigenvalue weighted by molar-refractivity contribution is 6.10. The number of carbonyl (C=O) groups excluding carboxylic acids is 1. The second-order valence-corrected chi connectivity index (χ2v) is 4.51. The lowest BCUT2D eigenvalue weighted by Crippen LogP contribution is -2.31. The topological polar surface area (TPSA) is 113 Å². The van der Waals surface area contributed by atoms with Crippen molar-refractivity contribution in [1.82, 2.24) is 5.43 Å². The third-order valence-electron chi connectivity index (χ3n) is 2.95. The molecule has 2 rings (SSSR count). The highest BCUT2D eigenvalue weighted by Crippen LogP contribution is 2.18. The van der Waals surface area contributed by atoms with E-state index in [1.807, 2.05) is 19.1 Å². The molecule has 0 spiro atoms. The summed E-state index contributed by atoms with van der Waals surface area (Å²) in [5, 5.41) is 24.9. The first-order valence-electron chi connectivity index (χ1n) is 6.24. The Morgan fingerprint density at radius 1 is 1.38 bits per heavy atom. The van der Waals surface area contributed by atoms with Gasteiger partial charge in [-0.15, -0.1) is 0 Å². The number of hydrogen-bond acceptors (Lipinski definition) is 6. The van der Waals surface area contributed by atoms with Crippen LogP contribution in [0, 0.1) is 28.6 Å². The zero-order valence-electron chi connectivity index (χ0n) is 11.3. The Morgan fingerprint density at radius 2 is 2.05 bits per heavy atom. The first-order chi connectivity index (χ1) is 10.1. The van der Waals surface area contributed by atoms with Crippen LogP contribution in [0.15, 0.2) is 34.5 Å². The van der Waals surface area contributed by atoms with Gasteiger partial charge in [0, 0.05) is 12.3 Å². The standard InChI is InChI=1S/C14H12N6O/c1-9-6-13(21)19-20-14(9)10-2-4-11(5-3-10)17-18-12(7-15)8-16/h2-5,9,17H,6H2,1H3,(H,19,21)/t9-/m1/s1/i7+1,8+1,12+1. The zero-order chi connectivity index (χ0) is 15.2. The molecule has 0 radical (unpaired) electrons. The van der Waals surface area contributed by atoms with Gasteiger partial charge < -0.3 is 0 Å². The van der Waals surface area contributed by atoms with E-state index < -0.39 is 0 Å². The fourth-order valence-electron chi connectivity index (χ4n) is 1.91. The maximum Gasteiger partial charge on any atom is 0.240 e. The summed E-state index contributed by atoms with van der Waals surface area (Å²) in [4.78, 5) is 11.2. The fourth-order valence-corrected chi connectivity index (χ4v) is 1.91. The van der Waals surface area contributed by atoms with Gasteiger partial charge in [0.05, 0.1) is 11.4 Å². The average molecular weight is 283 g/mol. The number of hydrogen-bond donors (Lipinski definition) is 2. The number of anilines is 1. The molecule has 0 saturated carbocycles. The van der Waals surface area contributed by atoms with Crippen molar-refractivity contribution in [1.29, 1.82) is 10.5 Å². The van der Waals surface area contributed by atoms with E-state index in [1.54, 1.807) is 24.3 Å². The van der Waals surface area contributed by atoms with E-state index in [1.165, 1.54) is 0 Å². The number of rotatable bonds is 3. The second-order valence-electron chi connectivity index (χ2n) is 4.51. The third-order valence-corrected chi connectivity index (χ3v) is 2.95. The van der Waals surface area contributed by atoms with Crippen LogP contribution >= 0.6 is 0 Å². The molecule has 1 aromatic carbocycles. The summed E-state index contributed by atoms with van der Waals surface area (Å²) in [5.74, 6) is -0.0289. The van der Waals surface area contributed by atoms with Crippen LogP contribution < -0.4 is 10.9 Å². The molecule has 2 N–H and O–H groups in total. The highest BCUT2D eigenvalue weighted by Gasteiger charge is 2.21. The summed E-state index contributed by atoms with van der Waals surface area (Å²) in [6, 6.07) is 10.5. The van der Waals surface area contributed by atoms with Crippen molar-refractivity contribution in [2.75, 3.05) is 5.43 Å². The SMILES string of the molecule is C[C@@H]1CC(=O)NN=C1c1ccc(NN=[13C]([13C]#N)[13C]#N)cc1. The van der Waals surface area contributed by atoms with Crippen LogP contribution in [0.25, 0.3) is 0 Å². The minimum atomic E-state index is -0.243. The molecule has 21 heavy (non-hydrogen) atoms. The van der Waals surface area contributed by atoms with E-state index in [9.17, 15) is 4.79 Å². The molecule has 1 aromatic rings. The molecule has 0 aliphatic carbocycles. The first-order valence-corrected chi connectivity index (χ1v) is 6.24. The molecule has 7 nitrogen and oxygen atoms in total. The minimum Gasteiger partial charge on any atom is -0.277 e. The van der Waals surface area contributed by atoms with Crippen LogP contribution in [0.5, 0.6) is 0 Å². The van der Waals surface area contributed by atoms with Crippen molar-refractivity contribution in [3.05, 3.63) is 29.8 Å². The number of carbonyl (C=O) groups is 1. The monoisotopic (exact) mass is 283 g/mol. The van der Waals surface area contributed by atoms with E-state index in [0.717, 1.165) is 11.3 Å². The largest absolute Gasteiger partial charge is 0.277 e. The Morgan fingerprint density at radius 3 is 2.62 bits per heavy atom. The number of amides is 1. The molecular formula is C14H12N6O. The fraction of sp³-hybridized carbons (Fsp3) is 0.214. The number of benzene rings is 1. The van der Waals surface area contributed by atoms with E-state index in [-0.39, 0.29) is 17.5 Å². The molecular weight excluding hydrogens is 271 g/mol. The molecule has 1 aliphatic heterocycles. The van der Waals surface area contributed by atoms with E-state index in [0.29, 0.717) is 12.1 Å². The Labute approximate surface area is 121 Å². The van der Waals surface area contributed by atoms with Crippen molar-refractivity contribution in [3.8, 4) is 12.1 Å². The summed E-state index contributed by atoms with van der Waals surface area (Å²) in [5.41, 5.74) is 7.22. The molecule has 1 amide bonds. The summed E-state index contributed by atoms with van der Waals surface area (Å²) >= 11 is 0. The summed E-state index contributed by atoms with van der Waals surface area (Å²) in [6.07, 6.45) is 0.414.